The molecule has 0 bridgehead atoms. The zero-order valence-corrected chi connectivity index (χ0v) is 21.1. The van der Waals surface area contributed by atoms with Gasteiger partial charge in [0.2, 0.25) is 0 Å². The number of carbonyl (C=O) groups excluding carboxylic acids is 2. The van der Waals surface area contributed by atoms with Gasteiger partial charge in [-0.05, 0) is 69.5 Å². The summed E-state index contributed by atoms with van der Waals surface area (Å²) in [5.41, 5.74) is 5.28. The summed E-state index contributed by atoms with van der Waals surface area (Å²) >= 11 is 0. The molecule has 0 N–H and O–H groups in total. The molecule has 2 aromatic carbocycles. The number of hydrogen-bond donors (Lipinski definition) is 0. The Hall–Kier alpha value is -3.19. The van der Waals surface area contributed by atoms with Gasteiger partial charge in [-0.2, -0.15) is 5.10 Å². The molecule has 0 spiro atoms. The third kappa shape index (κ3) is 5.73. The van der Waals surface area contributed by atoms with Crippen LogP contribution in [0.4, 0.5) is 0 Å². The van der Waals surface area contributed by atoms with E-state index in [0.717, 1.165) is 53.1 Å². The highest BCUT2D eigenvalue weighted by atomic mass is 16.5. The second-order valence-corrected chi connectivity index (χ2v) is 9.43. The lowest BCUT2D eigenvalue weighted by atomic mass is 9.95. The number of hydrazone groups is 1. The highest BCUT2D eigenvalue weighted by molar-refractivity contribution is 6.04. The fraction of sp³-hybridized carbons (Fsp3) is 0.464. The number of hydrogen-bond acceptors (Lipinski definition) is 6. The molecule has 0 aliphatic carbocycles. The molecular weight excluding hydrogens is 442 g/mol. The Morgan fingerprint density at radius 3 is 2.74 bits per heavy atom. The van der Waals surface area contributed by atoms with Gasteiger partial charge in [-0.15, -0.1) is 0 Å². The zero-order valence-electron chi connectivity index (χ0n) is 21.1. The highest BCUT2D eigenvalue weighted by Gasteiger charge is 2.35. The first-order chi connectivity index (χ1) is 16.9. The molecule has 1 saturated heterocycles. The SMILES string of the molecule is CCOC(=O)C1CCCN(CC(=O)N2N=C(c3cc(C)ccc3C)CC2c2cccc(OC)c2)C1. The van der Waals surface area contributed by atoms with Crippen molar-refractivity contribution in [1.29, 1.82) is 0 Å². The number of likely N-dealkylation sites (tertiary alicyclic amines) is 1. The van der Waals surface area contributed by atoms with E-state index in [1.807, 2.05) is 31.2 Å². The molecular formula is C28H35N3O4. The highest BCUT2D eigenvalue weighted by Crippen LogP contribution is 2.35. The quantitative estimate of drug-likeness (QED) is 0.557. The Labute approximate surface area is 207 Å². The predicted octanol–water partition coefficient (Wildman–Crippen LogP) is 4.26. The maximum Gasteiger partial charge on any atom is 0.310 e. The molecule has 2 aromatic rings. The predicted molar refractivity (Wildman–Crippen MR) is 135 cm³/mol. The van der Waals surface area contributed by atoms with Crippen molar-refractivity contribution in [2.75, 3.05) is 33.4 Å². The molecule has 35 heavy (non-hydrogen) atoms. The lowest BCUT2D eigenvalue weighted by molar-refractivity contribution is -0.150. The fourth-order valence-electron chi connectivity index (χ4n) is 4.97. The molecule has 186 valence electrons. The van der Waals surface area contributed by atoms with E-state index in [2.05, 4.69) is 36.9 Å². The maximum atomic E-state index is 13.6. The summed E-state index contributed by atoms with van der Waals surface area (Å²) in [7, 11) is 1.64. The van der Waals surface area contributed by atoms with E-state index in [-0.39, 0.29) is 30.4 Å². The van der Waals surface area contributed by atoms with Gasteiger partial charge in [-0.3, -0.25) is 14.5 Å². The van der Waals surface area contributed by atoms with E-state index in [0.29, 0.717) is 19.6 Å². The van der Waals surface area contributed by atoms with E-state index in [1.54, 1.807) is 12.1 Å². The van der Waals surface area contributed by atoms with Gasteiger partial charge in [0.15, 0.2) is 0 Å². The molecule has 2 aliphatic rings. The minimum atomic E-state index is -0.210. The van der Waals surface area contributed by atoms with Crippen molar-refractivity contribution in [3.8, 4) is 5.75 Å². The molecule has 2 atom stereocenters. The molecule has 1 fully saturated rings. The Bertz CT molecular complexity index is 1110. The minimum Gasteiger partial charge on any atom is -0.497 e. The topological polar surface area (TPSA) is 71.4 Å². The van der Waals surface area contributed by atoms with Crippen LogP contribution in [0, 0.1) is 19.8 Å². The van der Waals surface area contributed by atoms with E-state index in [4.69, 9.17) is 14.6 Å². The summed E-state index contributed by atoms with van der Waals surface area (Å²) < 4.78 is 10.7. The summed E-state index contributed by atoms with van der Waals surface area (Å²) in [6.07, 6.45) is 2.30. The van der Waals surface area contributed by atoms with Crippen molar-refractivity contribution in [2.24, 2.45) is 11.0 Å². The number of benzene rings is 2. The zero-order chi connectivity index (χ0) is 24.9. The molecule has 0 radical (unpaired) electrons. The summed E-state index contributed by atoms with van der Waals surface area (Å²) in [4.78, 5) is 27.9. The molecule has 0 aromatic heterocycles. The number of ether oxygens (including phenoxy) is 2. The van der Waals surface area contributed by atoms with E-state index in [1.165, 1.54) is 0 Å². The van der Waals surface area contributed by atoms with Crippen LogP contribution in [0.1, 0.15) is 54.5 Å². The number of methoxy groups -OCH3 is 1. The monoisotopic (exact) mass is 477 g/mol. The number of nitrogens with zero attached hydrogens (tertiary/aromatic N) is 3. The van der Waals surface area contributed by atoms with Gasteiger partial charge in [0.25, 0.3) is 5.91 Å². The standard InChI is InChI=1S/C28H35N3O4/c1-5-35-28(33)22-9-7-13-30(17-22)18-27(32)31-26(21-8-6-10-23(15-21)34-4)16-25(29-31)24-14-19(2)11-12-20(24)3/h6,8,10-12,14-15,22,26H,5,7,9,13,16-18H2,1-4H3. The number of carbonyl (C=O) groups is 2. The normalized spacial score (nSPS) is 20.5. The smallest absolute Gasteiger partial charge is 0.310 e. The average molecular weight is 478 g/mol. The van der Waals surface area contributed by atoms with Gasteiger partial charge in [-0.1, -0.05) is 29.8 Å². The summed E-state index contributed by atoms with van der Waals surface area (Å²) in [6, 6.07) is 14.0. The van der Waals surface area contributed by atoms with Crippen molar-refractivity contribution in [3.63, 3.8) is 0 Å². The van der Waals surface area contributed by atoms with Crippen molar-refractivity contribution in [3.05, 3.63) is 64.7 Å². The third-order valence-electron chi connectivity index (χ3n) is 6.83. The molecule has 2 aliphatic heterocycles. The number of rotatable bonds is 7. The van der Waals surface area contributed by atoms with Crippen LogP contribution in [-0.4, -0.2) is 60.8 Å². The van der Waals surface area contributed by atoms with Gasteiger partial charge in [0, 0.05) is 18.5 Å². The Morgan fingerprint density at radius 1 is 1.14 bits per heavy atom. The van der Waals surface area contributed by atoms with Crippen LogP contribution in [0.25, 0.3) is 0 Å². The van der Waals surface area contributed by atoms with Crippen LogP contribution in [-0.2, 0) is 14.3 Å². The van der Waals surface area contributed by atoms with Crippen LogP contribution in [0.3, 0.4) is 0 Å². The van der Waals surface area contributed by atoms with Crippen LogP contribution in [0.2, 0.25) is 0 Å². The van der Waals surface area contributed by atoms with Crippen molar-refractivity contribution in [2.45, 2.75) is 46.1 Å². The van der Waals surface area contributed by atoms with E-state index in [9.17, 15) is 9.59 Å². The summed E-state index contributed by atoms with van der Waals surface area (Å²) in [6.45, 7) is 7.88. The fourth-order valence-corrected chi connectivity index (χ4v) is 4.97. The summed E-state index contributed by atoms with van der Waals surface area (Å²) in [5.74, 6) is 0.333. The van der Waals surface area contributed by atoms with E-state index < -0.39 is 0 Å². The van der Waals surface area contributed by atoms with Gasteiger partial charge < -0.3 is 9.47 Å². The first-order valence-corrected chi connectivity index (χ1v) is 12.4. The molecule has 2 heterocycles. The second-order valence-electron chi connectivity index (χ2n) is 9.43. The minimum absolute atomic E-state index is 0.0670. The molecule has 1 amide bonds. The number of piperidine rings is 1. The van der Waals surface area contributed by atoms with Crippen molar-refractivity contribution < 1.29 is 19.1 Å². The van der Waals surface area contributed by atoms with Crippen molar-refractivity contribution in [1.82, 2.24) is 9.91 Å². The van der Waals surface area contributed by atoms with Crippen LogP contribution in [0.5, 0.6) is 5.75 Å². The molecule has 7 heteroatoms. The maximum absolute atomic E-state index is 13.6. The van der Waals surface area contributed by atoms with E-state index >= 15 is 0 Å². The second kappa shape index (κ2) is 11.0. The van der Waals surface area contributed by atoms with Gasteiger partial charge in [-0.25, -0.2) is 5.01 Å². The Balaban J connectivity index is 1.59. The third-order valence-corrected chi connectivity index (χ3v) is 6.83. The lowest BCUT2D eigenvalue weighted by Gasteiger charge is -2.32. The number of aryl methyl sites for hydroxylation is 2. The summed E-state index contributed by atoms with van der Waals surface area (Å²) in [5, 5.41) is 6.50. The first kappa shape index (κ1) is 24.9. The average Bonchev–Trinajstić information content (AvgIpc) is 3.31. The Morgan fingerprint density at radius 2 is 1.97 bits per heavy atom. The lowest BCUT2D eigenvalue weighted by Crippen LogP contribution is -2.44. The first-order valence-electron chi connectivity index (χ1n) is 12.4. The number of esters is 1. The molecule has 0 saturated carbocycles. The molecule has 7 nitrogen and oxygen atoms in total. The van der Waals surface area contributed by atoms with Crippen molar-refractivity contribution >= 4 is 17.6 Å². The van der Waals surface area contributed by atoms with Gasteiger partial charge in [0.1, 0.15) is 5.75 Å². The molecule has 2 unspecified atom stereocenters. The van der Waals surface area contributed by atoms with Gasteiger partial charge >= 0.3 is 5.97 Å². The van der Waals surface area contributed by atoms with Crippen LogP contribution < -0.4 is 4.74 Å². The Kier molecular flexibility index (Phi) is 7.86. The largest absolute Gasteiger partial charge is 0.497 e. The van der Waals surface area contributed by atoms with Crippen LogP contribution >= 0.6 is 0 Å². The molecule has 4 rings (SSSR count). The number of amides is 1. The van der Waals surface area contributed by atoms with Gasteiger partial charge in [0.05, 0.1) is 37.9 Å². The van der Waals surface area contributed by atoms with Crippen LogP contribution in [0.15, 0.2) is 47.6 Å².